The van der Waals surface area contributed by atoms with E-state index in [1.165, 1.54) is 0 Å². The zero-order valence-electron chi connectivity index (χ0n) is 11.6. The normalized spacial score (nSPS) is 10.1. The first-order chi connectivity index (χ1) is 9.61. The minimum atomic E-state index is 0.0740. The number of benzene rings is 1. The van der Waals surface area contributed by atoms with Gasteiger partial charge in [0.15, 0.2) is 11.6 Å². The topological polar surface area (TPSA) is 75.2 Å². The zero-order valence-corrected chi connectivity index (χ0v) is 11.6. The van der Waals surface area contributed by atoms with Crippen molar-refractivity contribution in [2.75, 3.05) is 19.1 Å². The molecule has 0 radical (unpaired) electrons. The molecule has 5 nitrogen and oxygen atoms in total. The minimum Gasteiger partial charge on any atom is -0.493 e. The first kappa shape index (κ1) is 13.9. The number of nitrogens with two attached hydrogens (primary N) is 1. The van der Waals surface area contributed by atoms with Crippen LogP contribution in [0.1, 0.15) is 11.1 Å². The van der Waals surface area contributed by atoms with Crippen LogP contribution < -0.4 is 15.4 Å². The molecule has 3 N–H and O–H groups in total. The van der Waals surface area contributed by atoms with Gasteiger partial charge in [0.1, 0.15) is 5.84 Å². The molecule has 0 unspecified atom stereocenters. The lowest BCUT2D eigenvalue weighted by atomic mass is 10.1. The van der Waals surface area contributed by atoms with E-state index in [0.29, 0.717) is 6.54 Å². The fourth-order valence-corrected chi connectivity index (χ4v) is 2.01. The SMILES string of the molecule is COc1cccnc1N(C)Cc1cccc(C(=N)N)c1. The number of hydrogen-bond acceptors (Lipinski definition) is 4. The molecule has 2 aromatic rings. The van der Waals surface area contributed by atoms with Crippen LogP contribution in [0, 0.1) is 5.41 Å². The number of aromatic nitrogens is 1. The molecule has 1 heterocycles. The van der Waals surface area contributed by atoms with Crippen molar-refractivity contribution in [2.45, 2.75) is 6.54 Å². The van der Waals surface area contributed by atoms with Crippen LogP contribution in [0.2, 0.25) is 0 Å². The third-order valence-electron chi connectivity index (χ3n) is 2.99. The van der Waals surface area contributed by atoms with Gasteiger partial charge in [-0.2, -0.15) is 0 Å². The summed E-state index contributed by atoms with van der Waals surface area (Å²) in [7, 11) is 3.58. The third kappa shape index (κ3) is 3.06. The van der Waals surface area contributed by atoms with Gasteiger partial charge in [-0.3, -0.25) is 5.41 Å². The first-order valence-corrected chi connectivity index (χ1v) is 6.25. The Balaban J connectivity index is 2.21. The van der Waals surface area contributed by atoms with Crippen molar-refractivity contribution >= 4 is 11.7 Å². The number of anilines is 1. The van der Waals surface area contributed by atoms with E-state index in [2.05, 4.69) is 4.98 Å². The molecule has 0 saturated heterocycles. The molecule has 20 heavy (non-hydrogen) atoms. The molecule has 0 aliphatic rings. The number of nitrogens with zero attached hydrogens (tertiary/aromatic N) is 2. The van der Waals surface area contributed by atoms with Crippen molar-refractivity contribution in [1.82, 2.24) is 4.98 Å². The summed E-state index contributed by atoms with van der Waals surface area (Å²) in [5, 5.41) is 7.47. The Hall–Kier alpha value is -2.56. The molecular formula is C15H18N4O. The van der Waals surface area contributed by atoms with Gasteiger partial charge in [0, 0.05) is 25.4 Å². The van der Waals surface area contributed by atoms with Crippen molar-refractivity contribution in [3.05, 3.63) is 53.7 Å². The van der Waals surface area contributed by atoms with Crippen LogP contribution >= 0.6 is 0 Å². The lowest BCUT2D eigenvalue weighted by Crippen LogP contribution is -2.19. The molecule has 2 rings (SSSR count). The third-order valence-corrected chi connectivity index (χ3v) is 2.99. The van der Waals surface area contributed by atoms with Crippen LogP contribution in [0.15, 0.2) is 42.6 Å². The summed E-state index contributed by atoms with van der Waals surface area (Å²) in [4.78, 5) is 6.34. The summed E-state index contributed by atoms with van der Waals surface area (Å²) in [6.45, 7) is 0.661. The number of amidine groups is 1. The van der Waals surface area contributed by atoms with Gasteiger partial charge in [0.2, 0.25) is 0 Å². The van der Waals surface area contributed by atoms with E-state index >= 15 is 0 Å². The summed E-state index contributed by atoms with van der Waals surface area (Å²) in [6, 6.07) is 11.4. The highest BCUT2D eigenvalue weighted by atomic mass is 16.5. The maximum atomic E-state index is 7.47. The molecule has 0 aliphatic heterocycles. The van der Waals surface area contributed by atoms with E-state index in [1.54, 1.807) is 13.3 Å². The summed E-state index contributed by atoms with van der Waals surface area (Å²) in [5.74, 6) is 1.59. The molecule has 0 aliphatic carbocycles. The van der Waals surface area contributed by atoms with Gasteiger partial charge in [-0.15, -0.1) is 0 Å². The van der Waals surface area contributed by atoms with Crippen LogP contribution in [0.3, 0.4) is 0 Å². The van der Waals surface area contributed by atoms with E-state index in [-0.39, 0.29) is 5.84 Å². The molecule has 0 saturated carbocycles. The monoisotopic (exact) mass is 270 g/mol. The van der Waals surface area contributed by atoms with Crippen LogP contribution in [0.25, 0.3) is 0 Å². The molecule has 104 valence electrons. The maximum Gasteiger partial charge on any atom is 0.171 e. The average molecular weight is 270 g/mol. The number of methoxy groups -OCH3 is 1. The van der Waals surface area contributed by atoms with Crippen molar-refractivity contribution in [3.8, 4) is 5.75 Å². The number of pyridine rings is 1. The molecule has 1 aromatic carbocycles. The summed E-state index contributed by atoms with van der Waals surface area (Å²) < 4.78 is 5.31. The van der Waals surface area contributed by atoms with Crippen LogP contribution in [-0.2, 0) is 6.54 Å². The Bertz CT molecular complexity index is 612. The highest BCUT2D eigenvalue weighted by molar-refractivity contribution is 5.95. The number of hydrogen-bond donors (Lipinski definition) is 2. The van der Waals surface area contributed by atoms with Gasteiger partial charge in [-0.25, -0.2) is 4.98 Å². The minimum absolute atomic E-state index is 0.0740. The fraction of sp³-hybridized carbons (Fsp3) is 0.200. The van der Waals surface area contributed by atoms with Crippen molar-refractivity contribution in [2.24, 2.45) is 5.73 Å². The predicted molar refractivity (Wildman–Crippen MR) is 80.4 cm³/mol. The molecule has 0 atom stereocenters. The summed E-state index contributed by atoms with van der Waals surface area (Å²) in [5.41, 5.74) is 7.30. The smallest absolute Gasteiger partial charge is 0.171 e. The van der Waals surface area contributed by atoms with Crippen molar-refractivity contribution in [3.63, 3.8) is 0 Å². The van der Waals surface area contributed by atoms with Crippen LogP contribution in [0.4, 0.5) is 5.82 Å². The Kier molecular flexibility index (Phi) is 4.20. The van der Waals surface area contributed by atoms with Crippen molar-refractivity contribution in [1.29, 1.82) is 5.41 Å². The number of nitrogen functional groups attached to an aromatic ring is 1. The van der Waals surface area contributed by atoms with E-state index in [9.17, 15) is 0 Å². The van der Waals surface area contributed by atoms with Gasteiger partial charge < -0.3 is 15.4 Å². The van der Waals surface area contributed by atoms with Gasteiger partial charge in [-0.05, 0) is 23.8 Å². The second-order valence-electron chi connectivity index (χ2n) is 4.50. The number of nitrogens with one attached hydrogen (secondary N) is 1. The Morgan fingerprint density at radius 2 is 2.15 bits per heavy atom. The first-order valence-electron chi connectivity index (χ1n) is 6.25. The van der Waals surface area contributed by atoms with Gasteiger partial charge in [0.05, 0.1) is 7.11 Å². The molecular weight excluding hydrogens is 252 g/mol. The average Bonchev–Trinajstić information content (AvgIpc) is 2.47. The second kappa shape index (κ2) is 6.06. The largest absolute Gasteiger partial charge is 0.493 e. The summed E-state index contributed by atoms with van der Waals surface area (Å²) in [6.07, 6.45) is 1.74. The lowest BCUT2D eigenvalue weighted by Gasteiger charge is -2.20. The van der Waals surface area contributed by atoms with E-state index in [1.807, 2.05) is 48.3 Å². The number of ether oxygens (including phenoxy) is 1. The molecule has 0 bridgehead atoms. The predicted octanol–water partition coefficient (Wildman–Crippen LogP) is 2.01. The highest BCUT2D eigenvalue weighted by Gasteiger charge is 2.10. The Morgan fingerprint density at radius 1 is 1.35 bits per heavy atom. The second-order valence-corrected chi connectivity index (χ2v) is 4.50. The molecule has 0 amide bonds. The fourth-order valence-electron chi connectivity index (χ4n) is 2.01. The molecule has 0 spiro atoms. The van der Waals surface area contributed by atoms with Crippen molar-refractivity contribution < 1.29 is 4.74 Å². The Labute approximate surface area is 118 Å². The highest BCUT2D eigenvalue weighted by Crippen LogP contribution is 2.24. The lowest BCUT2D eigenvalue weighted by molar-refractivity contribution is 0.413. The number of rotatable bonds is 5. The summed E-state index contributed by atoms with van der Waals surface area (Å²) >= 11 is 0. The molecule has 5 heteroatoms. The van der Waals surface area contributed by atoms with Gasteiger partial charge in [0.25, 0.3) is 0 Å². The van der Waals surface area contributed by atoms with Crippen LogP contribution in [0.5, 0.6) is 5.75 Å². The standard InChI is InChI=1S/C15H18N4O/c1-19(15-13(20-2)7-4-8-18-15)10-11-5-3-6-12(9-11)14(16)17/h3-9H,10H2,1-2H3,(H3,16,17). The quantitative estimate of drug-likeness (QED) is 0.643. The zero-order chi connectivity index (χ0) is 14.5. The van der Waals surface area contributed by atoms with Gasteiger partial charge >= 0.3 is 0 Å². The van der Waals surface area contributed by atoms with Gasteiger partial charge in [-0.1, -0.05) is 18.2 Å². The van der Waals surface area contributed by atoms with E-state index in [0.717, 1.165) is 22.7 Å². The van der Waals surface area contributed by atoms with E-state index < -0.39 is 0 Å². The molecule has 0 fully saturated rings. The Morgan fingerprint density at radius 3 is 2.85 bits per heavy atom. The molecule has 1 aromatic heterocycles. The van der Waals surface area contributed by atoms with E-state index in [4.69, 9.17) is 15.9 Å². The maximum absolute atomic E-state index is 7.47. The van der Waals surface area contributed by atoms with Crippen LogP contribution in [-0.4, -0.2) is 25.0 Å².